The van der Waals surface area contributed by atoms with Crippen molar-refractivity contribution in [2.24, 2.45) is 0 Å². The van der Waals surface area contributed by atoms with Crippen LogP contribution in [0.2, 0.25) is 0 Å². The van der Waals surface area contributed by atoms with Crippen molar-refractivity contribution in [3.05, 3.63) is 17.6 Å². The van der Waals surface area contributed by atoms with Crippen molar-refractivity contribution in [1.29, 1.82) is 0 Å². The third-order valence-electron chi connectivity index (χ3n) is 1.69. The molecular formula is C11H15NO5. The minimum absolute atomic E-state index is 0.0873. The molecule has 1 aromatic heterocycles. The Bertz CT molecular complexity index is 441. The van der Waals surface area contributed by atoms with E-state index < -0.39 is 17.7 Å². The molecule has 0 aliphatic rings. The van der Waals surface area contributed by atoms with Gasteiger partial charge in [0.1, 0.15) is 11.4 Å². The summed E-state index contributed by atoms with van der Waals surface area (Å²) in [6.45, 7) is 6.73. The number of hydrogen-bond donors (Lipinski definition) is 2. The number of ether oxygens (including phenoxy) is 1. The fourth-order valence-electron chi connectivity index (χ4n) is 1.18. The monoisotopic (exact) mass is 241 g/mol. The normalized spacial score (nSPS) is 11.1. The van der Waals surface area contributed by atoms with Crippen LogP contribution in [0.3, 0.4) is 0 Å². The van der Waals surface area contributed by atoms with E-state index in [9.17, 15) is 9.59 Å². The maximum absolute atomic E-state index is 11.4. The van der Waals surface area contributed by atoms with Gasteiger partial charge in [-0.05, 0) is 27.7 Å². The van der Waals surface area contributed by atoms with E-state index in [-0.39, 0.29) is 11.4 Å². The highest BCUT2D eigenvalue weighted by Crippen LogP contribution is 2.21. The van der Waals surface area contributed by atoms with Gasteiger partial charge in [0.05, 0.1) is 5.69 Å². The zero-order chi connectivity index (χ0) is 13.2. The van der Waals surface area contributed by atoms with Gasteiger partial charge in [0.25, 0.3) is 0 Å². The second kappa shape index (κ2) is 4.48. The van der Waals surface area contributed by atoms with E-state index in [2.05, 4.69) is 5.32 Å². The molecule has 1 amide bonds. The van der Waals surface area contributed by atoms with Crippen LogP contribution in [-0.2, 0) is 4.74 Å². The van der Waals surface area contributed by atoms with E-state index in [0.717, 1.165) is 0 Å². The molecule has 0 atom stereocenters. The lowest BCUT2D eigenvalue weighted by molar-refractivity contribution is 0.0635. The number of anilines is 1. The average molecular weight is 241 g/mol. The van der Waals surface area contributed by atoms with Crippen LogP contribution in [0, 0.1) is 6.92 Å². The Morgan fingerprint density at radius 1 is 1.41 bits per heavy atom. The van der Waals surface area contributed by atoms with E-state index in [1.807, 2.05) is 0 Å². The van der Waals surface area contributed by atoms with E-state index in [0.29, 0.717) is 5.76 Å². The topological polar surface area (TPSA) is 88.8 Å². The number of carboxylic acid groups (broad SMARTS) is 1. The molecule has 0 aromatic carbocycles. The number of rotatable bonds is 2. The lowest BCUT2D eigenvalue weighted by Crippen LogP contribution is -2.27. The minimum atomic E-state index is -1.25. The van der Waals surface area contributed by atoms with Crippen molar-refractivity contribution in [2.45, 2.75) is 33.3 Å². The second-order valence-electron chi connectivity index (χ2n) is 4.53. The first-order valence-corrected chi connectivity index (χ1v) is 5.03. The molecule has 94 valence electrons. The molecule has 1 aromatic rings. The average Bonchev–Trinajstić information content (AvgIpc) is 2.42. The number of hydrogen-bond acceptors (Lipinski definition) is 4. The van der Waals surface area contributed by atoms with E-state index in [1.165, 1.54) is 6.07 Å². The van der Waals surface area contributed by atoms with Crippen LogP contribution in [0.1, 0.15) is 37.1 Å². The number of carbonyl (C=O) groups excluding carboxylic acids is 1. The number of amides is 1. The van der Waals surface area contributed by atoms with Gasteiger partial charge < -0.3 is 14.3 Å². The summed E-state index contributed by atoms with van der Waals surface area (Å²) in [5, 5.41) is 11.2. The summed E-state index contributed by atoms with van der Waals surface area (Å²) in [5.74, 6) is -1.16. The number of furan rings is 1. The molecule has 6 nitrogen and oxygen atoms in total. The summed E-state index contributed by atoms with van der Waals surface area (Å²) in [5.41, 5.74) is -0.559. The lowest BCUT2D eigenvalue weighted by Gasteiger charge is -2.19. The fraction of sp³-hybridized carbons (Fsp3) is 0.455. The van der Waals surface area contributed by atoms with Crippen molar-refractivity contribution in [1.82, 2.24) is 0 Å². The predicted molar refractivity (Wildman–Crippen MR) is 60.3 cm³/mol. The van der Waals surface area contributed by atoms with Gasteiger partial charge in [-0.1, -0.05) is 0 Å². The van der Waals surface area contributed by atoms with Gasteiger partial charge in [0, 0.05) is 6.07 Å². The van der Waals surface area contributed by atoms with Crippen LogP contribution in [-0.4, -0.2) is 22.8 Å². The van der Waals surface area contributed by atoms with Crippen molar-refractivity contribution in [2.75, 3.05) is 5.32 Å². The molecule has 0 fully saturated rings. The number of nitrogens with one attached hydrogen (secondary N) is 1. The van der Waals surface area contributed by atoms with Crippen molar-refractivity contribution in [3.8, 4) is 0 Å². The highest BCUT2D eigenvalue weighted by atomic mass is 16.6. The molecule has 0 spiro atoms. The van der Waals surface area contributed by atoms with Crippen molar-refractivity contribution >= 4 is 17.7 Å². The maximum Gasteiger partial charge on any atom is 0.412 e. The molecule has 0 aliphatic carbocycles. The van der Waals surface area contributed by atoms with Crippen molar-refractivity contribution in [3.63, 3.8) is 0 Å². The quantitative estimate of drug-likeness (QED) is 0.830. The zero-order valence-corrected chi connectivity index (χ0v) is 10.2. The Morgan fingerprint density at radius 3 is 2.47 bits per heavy atom. The van der Waals surface area contributed by atoms with Crippen LogP contribution in [0.15, 0.2) is 10.5 Å². The van der Waals surface area contributed by atoms with Gasteiger partial charge in [0.2, 0.25) is 5.76 Å². The Kier molecular flexibility index (Phi) is 3.45. The standard InChI is InChI=1S/C11H15NO5/c1-6-5-7(8(16-6)9(13)14)12-10(15)17-11(2,3)4/h5H,1-4H3,(H,12,15)(H,13,14). The van der Waals surface area contributed by atoms with E-state index >= 15 is 0 Å². The Hall–Kier alpha value is -1.98. The summed E-state index contributed by atoms with van der Waals surface area (Å²) < 4.78 is 9.94. The van der Waals surface area contributed by atoms with E-state index in [4.69, 9.17) is 14.3 Å². The molecule has 1 rings (SSSR count). The summed E-state index contributed by atoms with van der Waals surface area (Å²) in [4.78, 5) is 22.3. The van der Waals surface area contributed by atoms with Crippen LogP contribution in [0.4, 0.5) is 10.5 Å². The molecule has 0 saturated carbocycles. The van der Waals surface area contributed by atoms with Gasteiger partial charge in [-0.25, -0.2) is 9.59 Å². The summed E-state index contributed by atoms with van der Waals surface area (Å²) in [6.07, 6.45) is -0.721. The molecule has 6 heteroatoms. The SMILES string of the molecule is Cc1cc(NC(=O)OC(C)(C)C)c(C(=O)O)o1. The molecule has 0 aliphatic heterocycles. The molecule has 0 bridgehead atoms. The molecule has 0 saturated heterocycles. The van der Waals surface area contributed by atoms with Crippen LogP contribution < -0.4 is 5.32 Å². The minimum Gasteiger partial charge on any atom is -0.475 e. The first kappa shape index (κ1) is 13.1. The van der Waals surface area contributed by atoms with Gasteiger partial charge in [-0.3, -0.25) is 5.32 Å². The lowest BCUT2D eigenvalue weighted by atomic mass is 10.2. The predicted octanol–water partition coefficient (Wildman–Crippen LogP) is 2.63. The van der Waals surface area contributed by atoms with Crippen LogP contribution in [0.5, 0.6) is 0 Å². The summed E-state index contributed by atoms with van der Waals surface area (Å²) in [7, 11) is 0. The molecule has 0 radical (unpaired) electrons. The van der Waals surface area contributed by atoms with Gasteiger partial charge in [-0.2, -0.15) is 0 Å². The van der Waals surface area contributed by atoms with Gasteiger partial charge in [0.15, 0.2) is 0 Å². The van der Waals surface area contributed by atoms with Crippen LogP contribution in [0.25, 0.3) is 0 Å². The zero-order valence-electron chi connectivity index (χ0n) is 10.2. The highest BCUT2D eigenvalue weighted by Gasteiger charge is 2.21. The summed E-state index contributed by atoms with van der Waals surface area (Å²) in [6, 6.07) is 1.42. The largest absolute Gasteiger partial charge is 0.475 e. The van der Waals surface area contributed by atoms with Crippen LogP contribution >= 0.6 is 0 Å². The molecule has 0 unspecified atom stereocenters. The Balaban J connectivity index is 2.81. The first-order valence-electron chi connectivity index (χ1n) is 5.03. The number of aryl methyl sites for hydroxylation is 1. The fourth-order valence-corrected chi connectivity index (χ4v) is 1.18. The number of aromatic carboxylic acids is 1. The highest BCUT2D eigenvalue weighted by molar-refractivity contribution is 5.96. The smallest absolute Gasteiger partial charge is 0.412 e. The number of carbonyl (C=O) groups is 2. The Labute approximate surface area is 98.6 Å². The first-order chi connectivity index (χ1) is 7.69. The number of carboxylic acids is 1. The van der Waals surface area contributed by atoms with Gasteiger partial charge >= 0.3 is 12.1 Å². The van der Waals surface area contributed by atoms with E-state index in [1.54, 1.807) is 27.7 Å². The molecule has 2 N–H and O–H groups in total. The third kappa shape index (κ3) is 3.82. The van der Waals surface area contributed by atoms with Crippen molar-refractivity contribution < 1.29 is 23.8 Å². The molecule has 1 heterocycles. The molecular weight excluding hydrogens is 226 g/mol. The third-order valence-corrected chi connectivity index (χ3v) is 1.69. The summed E-state index contributed by atoms with van der Waals surface area (Å²) >= 11 is 0. The second-order valence-corrected chi connectivity index (χ2v) is 4.53. The molecule has 17 heavy (non-hydrogen) atoms. The Morgan fingerprint density at radius 2 is 2.00 bits per heavy atom. The van der Waals surface area contributed by atoms with Gasteiger partial charge in [-0.15, -0.1) is 0 Å². The maximum atomic E-state index is 11.4.